The van der Waals surface area contributed by atoms with Gasteiger partial charge in [0.2, 0.25) is 5.91 Å². The van der Waals surface area contributed by atoms with Gasteiger partial charge in [0.25, 0.3) is 0 Å². The van der Waals surface area contributed by atoms with E-state index in [0.717, 1.165) is 23.0 Å². The number of fused-ring (bicyclic) bond motifs is 1. The van der Waals surface area contributed by atoms with Crippen molar-refractivity contribution in [2.45, 2.75) is 26.4 Å². The first kappa shape index (κ1) is 14.5. The van der Waals surface area contributed by atoms with Gasteiger partial charge in [0, 0.05) is 31.7 Å². The lowest BCUT2D eigenvalue weighted by atomic mass is 10.1. The molecule has 0 aliphatic heterocycles. The molecular formula is C16H21N3O. The van der Waals surface area contributed by atoms with E-state index in [9.17, 15) is 4.79 Å². The average Bonchev–Trinajstić information content (AvgIpc) is 2.50. The van der Waals surface area contributed by atoms with E-state index < -0.39 is 0 Å². The Morgan fingerprint density at radius 1 is 1.35 bits per heavy atom. The molecule has 1 heterocycles. The average molecular weight is 271 g/mol. The summed E-state index contributed by atoms with van der Waals surface area (Å²) in [4.78, 5) is 18.1. The summed E-state index contributed by atoms with van der Waals surface area (Å²) < 4.78 is 0. The highest BCUT2D eigenvalue weighted by atomic mass is 16.2. The number of aromatic nitrogens is 1. The highest BCUT2D eigenvalue weighted by molar-refractivity contribution is 5.82. The molecule has 0 fully saturated rings. The van der Waals surface area contributed by atoms with Crippen LogP contribution in [0.1, 0.15) is 19.4 Å². The number of nitrogens with one attached hydrogen (secondary N) is 1. The number of hydrogen-bond acceptors (Lipinski definition) is 3. The second kappa shape index (κ2) is 6.48. The first-order chi connectivity index (χ1) is 9.63. The maximum Gasteiger partial charge on any atom is 0.239 e. The Hall–Kier alpha value is -1.94. The molecule has 1 aromatic heterocycles. The first-order valence-corrected chi connectivity index (χ1v) is 6.94. The Kier molecular flexibility index (Phi) is 4.69. The minimum absolute atomic E-state index is 0.117. The lowest BCUT2D eigenvalue weighted by molar-refractivity contribution is -0.131. The fourth-order valence-corrected chi connectivity index (χ4v) is 2.15. The van der Waals surface area contributed by atoms with Gasteiger partial charge in [-0.05, 0) is 31.5 Å². The molecule has 1 atom stereocenters. The molecule has 2 rings (SSSR count). The number of likely N-dealkylation sites (N-methyl/N-ethyl adjacent to an activating group) is 1. The minimum atomic E-state index is -0.188. The van der Waals surface area contributed by atoms with E-state index >= 15 is 0 Å². The van der Waals surface area contributed by atoms with Gasteiger partial charge in [0.1, 0.15) is 0 Å². The molecule has 0 aliphatic carbocycles. The van der Waals surface area contributed by atoms with Crippen molar-refractivity contribution < 1.29 is 4.79 Å². The predicted molar refractivity (Wildman–Crippen MR) is 81.4 cm³/mol. The fourth-order valence-electron chi connectivity index (χ4n) is 2.15. The summed E-state index contributed by atoms with van der Waals surface area (Å²) in [7, 11) is 1.82. The van der Waals surface area contributed by atoms with E-state index in [1.54, 1.807) is 4.90 Å². The van der Waals surface area contributed by atoms with Crippen LogP contribution in [0.3, 0.4) is 0 Å². The molecule has 0 radical (unpaired) electrons. The van der Waals surface area contributed by atoms with Crippen molar-refractivity contribution in [1.82, 2.24) is 15.2 Å². The molecule has 20 heavy (non-hydrogen) atoms. The van der Waals surface area contributed by atoms with E-state index in [1.165, 1.54) is 0 Å². The van der Waals surface area contributed by atoms with E-state index in [0.29, 0.717) is 6.54 Å². The number of para-hydroxylation sites is 1. The summed E-state index contributed by atoms with van der Waals surface area (Å²) in [5.41, 5.74) is 2.14. The summed E-state index contributed by atoms with van der Waals surface area (Å²) >= 11 is 0. The highest BCUT2D eigenvalue weighted by Crippen LogP contribution is 2.15. The molecule has 0 aliphatic rings. The van der Waals surface area contributed by atoms with Crippen LogP contribution < -0.4 is 5.32 Å². The number of pyridine rings is 1. The van der Waals surface area contributed by atoms with Crippen molar-refractivity contribution in [3.63, 3.8) is 0 Å². The quantitative estimate of drug-likeness (QED) is 0.906. The normalized spacial score (nSPS) is 12.3. The third-order valence-corrected chi connectivity index (χ3v) is 3.56. The molecule has 2 aromatic rings. The van der Waals surface area contributed by atoms with Crippen LogP contribution in [-0.4, -0.2) is 35.4 Å². The monoisotopic (exact) mass is 271 g/mol. The zero-order valence-electron chi connectivity index (χ0n) is 12.3. The molecule has 106 valence electrons. The molecule has 0 saturated carbocycles. The molecule has 1 amide bonds. The topological polar surface area (TPSA) is 45.2 Å². The van der Waals surface area contributed by atoms with Crippen molar-refractivity contribution in [3.8, 4) is 0 Å². The first-order valence-electron chi connectivity index (χ1n) is 6.94. The summed E-state index contributed by atoms with van der Waals surface area (Å²) in [6, 6.07) is 9.85. The second-order valence-corrected chi connectivity index (χ2v) is 4.94. The van der Waals surface area contributed by atoms with Gasteiger partial charge in [-0.25, -0.2) is 0 Å². The zero-order valence-corrected chi connectivity index (χ0v) is 12.3. The molecule has 4 nitrogen and oxygen atoms in total. The lowest BCUT2D eigenvalue weighted by Gasteiger charge is -2.20. The third kappa shape index (κ3) is 3.14. The van der Waals surface area contributed by atoms with Crippen LogP contribution in [0, 0.1) is 0 Å². The second-order valence-electron chi connectivity index (χ2n) is 4.94. The van der Waals surface area contributed by atoms with Gasteiger partial charge in [0.05, 0.1) is 11.6 Å². The fraction of sp³-hybridized carbons (Fsp3) is 0.375. The maximum atomic E-state index is 12.0. The van der Waals surface area contributed by atoms with Crippen molar-refractivity contribution in [2.75, 3.05) is 13.6 Å². The number of amides is 1. The molecule has 1 N–H and O–H groups in total. The van der Waals surface area contributed by atoms with Crippen molar-refractivity contribution in [3.05, 3.63) is 42.1 Å². The molecular weight excluding hydrogens is 250 g/mol. The van der Waals surface area contributed by atoms with Crippen LogP contribution in [-0.2, 0) is 11.3 Å². The third-order valence-electron chi connectivity index (χ3n) is 3.56. The molecule has 0 spiro atoms. The lowest BCUT2D eigenvalue weighted by Crippen LogP contribution is -2.42. The van der Waals surface area contributed by atoms with Crippen LogP contribution >= 0.6 is 0 Å². The van der Waals surface area contributed by atoms with E-state index in [-0.39, 0.29) is 11.9 Å². The van der Waals surface area contributed by atoms with Gasteiger partial charge >= 0.3 is 0 Å². The van der Waals surface area contributed by atoms with Crippen molar-refractivity contribution in [2.24, 2.45) is 0 Å². The number of benzene rings is 1. The van der Waals surface area contributed by atoms with Crippen LogP contribution in [0.4, 0.5) is 0 Å². The van der Waals surface area contributed by atoms with Crippen molar-refractivity contribution in [1.29, 1.82) is 0 Å². The Bertz CT molecular complexity index is 592. The van der Waals surface area contributed by atoms with E-state index in [2.05, 4.69) is 16.4 Å². The Morgan fingerprint density at radius 2 is 2.10 bits per heavy atom. The molecule has 0 bridgehead atoms. The molecule has 1 unspecified atom stereocenters. The van der Waals surface area contributed by atoms with Gasteiger partial charge in [0.15, 0.2) is 0 Å². The standard InChI is InChI=1S/C16H21N3O/c1-4-19(3)16(20)12(2)18-11-13-9-10-17-15-8-6-5-7-14(13)15/h5-10,12,18H,4,11H2,1-3H3. The largest absolute Gasteiger partial charge is 0.345 e. The Balaban J connectivity index is 2.08. The number of carbonyl (C=O) groups is 1. The summed E-state index contributed by atoms with van der Waals surface area (Å²) in [6.45, 7) is 5.26. The zero-order chi connectivity index (χ0) is 14.5. The smallest absolute Gasteiger partial charge is 0.239 e. The number of rotatable bonds is 5. The van der Waals surface area contributed by atoms with Crippen LogP contribution in [0.2, 0.25) is 0 Å². The molecule has 1 aromatic carbocycles. The minimum Gasteiger partial charge on any atom is -0.345 e. The molecule has 0 saturated heterocycles. The van der Waals surface area contributed by atoms with Gasteiger partial charge in [-0.15, -0.1) is 0 Å². The van der Waals surface area contributed by atoms with Gasteiger partial charge in [-0.3, -0.25) is 9.78 Å². The van der Waals surface area contributed by atoms with Crippen LogP contribution in [0.25, 0.3) is 10.9 Å². The van der Waals surface area contributed by atoms with Gasteiger partial charge in [-0.1, -0.05) is 18.2 Å². The SMILES string of the molecule is CCN(C)C(=O)C(C)NCc1ccnc2ccccc12. The predicted octanol–water partition coefficient (Wildman–Crippen LogP) is 2.19. The number of hydrogen-bond donors (Lipinski definition) is 1. The molecule has 4 heteroatoms. The number of nitrogens with zero attached hydrogens (tertiary/aromatic N) is 2. The van der Waals surface area contributed by atoms with Gasteiger partial charge in [-0.2, -0.15) is 0 Å². The maximum absolute atomic E-state index is 12.0. The van der Waals surface area contributed by atoms with Crippen LogP contribution in [0.15, 0.2) is 36.5 Å². The summed E-state index contributed by atoms with van der Waals surface area (Å²) in [6.07, 6.45) is 1.81. The highest BCUT2D eigenvalue weighted by Gasteiger charge is 2.15. The summed E-state index contributed by atoms with van der Waals surface area (Å²) in [5.74, 6) is 0.117. The van der Waals surface area contributed by atoms with Crippen LogP contribution in [0.5, 0.6) is 0 Å². The van der Waals surface area contributed by atoms with E-state index in [4.69, 9.17) is 0 Å². The Morgan fingerprint density at radius 3 is 2.85 bits per heavy atom. The Labute approximate surface area is 119 Å². The van der Waals surface area contributed by atoms with E-state index in [1.807, 2.05) is 51.4 Å². The van der Waals surface area contributed by atoms with Gasteiger partial charge < -0.3 is 10.2 Å². The summed E-state index contributed by atoms with van der Waals surface area (Å²) in [5, 5.41) is 4.42. The number of carbonyl (C=O) groups excluding carboxylic acids is 1. The van der Waals surface area contributed by atoms with Crippen molar-refractivity contribution >= 4 is 16.8 Å².